The van der Waals surface area contributed by atoms with Crippen molar-refractivity contribution in [1.82, 2.24) is 0 Å². The molecule has 3 atom stereocenters. The van der Waals surface area contributed by atoms with Gasteiger partial charge in [-0.3, -0.25) is 0 Å². The third-order valence-electron chi connectivity index (χ3n) is 3.29. The third-order valence-corrected chi connectivity index (χ3v) is 3.29. The quantitative estimate of drug-likeness (QED) is 0.682. The molecule has 1 aliphatic rings. The van der Waals surface area contributed by atoms with Gasteiger partial charge >= 0.3 is 0 Å². The Morgan fingerprint density at radius 1 is 1.77 bits per heavy atom. The maximum atomic E-state index is 12.1. The summed E-state index contributed by atoms with van der Waals surface area (Å²) in [5, 5.41) is 9.20. The molecule has 1 rings (SSSR count). The third kappa shape index (κ3) is 2.08. The number of alkyl halides is 1. The van der Waals surface area contributed by atoms with E-state index in [1.165, 1.54) is 0 Å². The molecule has 2 nitrogen and oxygen atoms in total. The summed E-state index contributed by atoms with van der Waals surface area (Å²) in [6.07, 6.45) is 3.06. The molecule has 0 amide bonds. The Hall–Kier alpha value is -0.440. The minimum atomic E-state index is -0.967. The van der Waals surface area contributed by atoms with Crippen LogP contribution in [0.1, 0.15) is 32.6 Å². The van der Waals surface area contributed by atoms with E-state index in [9.17, 15) is 14.3 Å². The summed E-state index contributed by atoms with van der Waals surface area (Å²) in [5.41, 5.74) is -0.453. The Balaban J connectivity index is 2.63. The van der Waals surface area contributed by atoms with Crippen molar-refractivity contribution in [1.29, 1.82) is 0 Å². The van der Waals surface area contributed by atoms with Crippen molar-refractivity contribution in [3.8, 4) is 0 Å². The molecule has 0 bridgehead atoms. The molecule has 0 aliphatic heterocycles. The lowest BCUT2D eigenvalue weighted by Gasteiger charge is -2.28. The van der Waals surface area contributed by atoms with Gasteiger partial charge in [-0.15, -0.1) is 0 Å². The van der Waals surface area contributed by atoms with Crippen molar-refractivity contribution in [2.75, 3.05) is 6.67 Å². The van der Waals surface area contributed by atoms with Gasteiger partial charge in [-0.25, -0.2) is 4.39 Å². The van der Waals surface area contributed by atoms with Crippen LogP contribution in [0.2, 0.25) is 0 Å². The van der Waals surface area contributed by atoms with Crippen molar-refractivity contribution in [2.45, 2.75) is 38.7 Å². The molecule has 0 aromatic heterocycles. The Labute approximate surface area is 78.1 Å². The number of hydrogen-bond acceptors (Lipinski definition) is 2. The highest BCUT2D eigenvalue weighted by atomic mass is 19.1. The molecule has 76 valence electrons. The van der Waals surface area contributed by atoms with E-state index in [4.69, 9.17) is 0 Å². The summed E-state index contributed by atoms with van der Waals surface area (Å²) >= 11 is 0. The zero-order valence-corrected chi connectivity index (χ0v) is 8.00. The van der Waals surface area contributed by atoms with Crippen molar-refractivity contribution in [3.05, 3.63) is 0 Å². The van der Waals surface area contributed by atoms with Gasteiger partial charge in [-0.2, -0.15) is 0 Å². The fourth-order valence-electron chi connectivity index (χ4n) is 2.29. The smallest absolute Gasteiger partial charge is 0.126 e. The number of halogens is 1. The zero-order chi connectivity index (χ0) is 9.90. The average Bonchev–Trinajstić information content (AvgIpc) is 2.48. The summed E-state index contributed by atoms with van der Waals surface area (Å²) < 4.78 is 12.1. The van der Waals surface area contributed by atoms with Gasteiger partial charge in [-0.1, -0.05) is 13.3 Å². The number of aliphatic hydroxyl groups is 1. The van der Waals surface area contributed by atoms with E-state index in [0.717, 1.165) is 25.5 Å². The Kier molecular flexibility index (Phi) is 3.42. The fourth-order valence-corrected chi connectivity index (χ4v) is 2.29. The predicted molar refractivity (Wildman–Crippen MR) is 48.1 cm³/mol. The second-order valence-corrected chi connectivity index (χ2v) is 4.16. The van der Waals surface area contributed by atoms with Gasteiger partial charge in [0.05, 0.1) is 6.10 Å². The van der Waals surface area contributed by atoms with E-state index < -0.39 is 18.2 Å². The molecule has 0 heterocycles. The lowest BCUT2D eigenvalue weighted by molar-refractivity contribution is -0.120. The van der Waals surface area contributed by atoms with E-state index in [1.807, 2.05) is 6.92 Å². The highest BCUT2D eigenvalue weighted by Crippen LogP contribution is 2.44. The standard InChI is InChI=1S/C10H17FO2/c1-8-3-2-4-10(8,7-12)5-9(13)6-11/h7-9,13H,2-6H2,1H3. The molecule has 0 radical (unpaired) electrons. The first kappa shape index (κ1) is 10.6. The van der Waals surface area contributed by atoms with Crippen LogP contribution >= 0.6 is 0 Å². The minimum absolute atomic E-state index is 0.284. The summed E-state index contributed by atoms with van der Waals surface area (Å²) in [6, 6.07) is 0. The second-order valence-electron chi connectivity index (χ2n) is 4.16. The Morgan fingerprint density at radius 3 is 2.85 bits per heavy atom. The van der Waals surface area contributed by atoms with Crippen LogP contribution < -0.4 is 0 Å². The Bertz CT molecular complexity index is 184. The van der Waals surface area contributed by atoms with Gasteiger partial charge in [-0.05, 0) is 25.2 Å². The van der Waals surface area contributed by atoms with Crippen molar-refractivity contribution in [3.63, 3.8) is 0 Å². The van der Waals surface area contributed by atoms with Gasteiger partial charge in [0.1, 0.15) is 13.0 Å². The number of hydrogen-bond donors (Lipinski definition) is 1. The monoisotopic (exact) mass is 188 g/mol. The van der Waals surface area contributed by atoms with E-state index in [1.54, 1.807) is 0 Å². The van der Waals surface area contributed by atoms with Crippen LogP contribution in [-0.4, -0.2) is 24.2 Å². The van der Waals surface area contributed by atoms with Crippen molar-refractivity contribution < 1.29 is 14.3 Å². The van der Waals surface area contributed by atoms with Crippen LogP contribution in [-0.2, 0) is 4.79 Å². The van der Waals surface area contributed by atoms with E-state index in [2.05, 4.69) is 0 Å². The molecule has 1 aliphatic carbocycles. The van der Waals surface area contributed by atoms with Gasteiger partial charge in [0.15, 0.2) is 0 Å². The van der Waals surface area contributed by atoms with Crippen LogP contribution in [0.5, 0.6) is 0 Å². The molecule has 1 N–H and O–H groups in total. The summed E-state index contributed by atoms with van der Waals surface area (Å²) in [7, 11) is 0. The largest absolute Gasteiger partial charge is 0.390 e. The molecule has 1 fully saturated rings. The number of carbonyl (C=O) groups excluding carboxylic acids is 1. The van der Waals surface area contributed by atoms with Gasteiger partial charge < -0.3 is 9.90 Å². The lowest BCUT2D eigenvalue weighted by Crippen LogP contribution is -2.31. The normalized spacial score (nSPS) is 36.1. The van der Waals surface area contributed by atoms with Crippen LogP contribution in [0, 0.1) is 11.3 Å². The van der Waals surface area contributed by atoms with Crippen LogP contribution in [0.25, 0.3) is 0 Å². The molecule has 3 unspecified atom stereocenters. The average molecular weight is 188 g/mol. The summed E-state index contributed by atoms with van der Waals surface area (Å²) in [4.78, 5) is 11.0. The van der Waals surface area contributed by atoms with Crippen LogP contribution in [0.4, 0.5) is 4.39 Å². The molecular weight excluding hydrogens is 171 g/mol. The zero-order valence-electron chi connectivity index (χ0n) is 8.00. The highest BCUT2D eigenvalue weighted by Gasteiger charge is 2.41. The molecule has 0 aromatic rings. The van der Waals surface area contributed by atoms with Crippen LogP contribution in [0.15, 0.2) is 0 Å². The molecular formula is C10H17FO2. The van der Waals surface area contributed by atoms with Gasteiger partial charge in [0.2, 0.25) is 0 Å². The lowest BCUT2D eigenvalue weighted by atomic mass is 9.76. The number of rotatable bonds is 4. The van der Waals surface area contributed by atoms with Crippen molar-refractivity contribution in [2.24, 2.45) is 11.3 Å². The van der Waals surface area contributed by atoms with Gasteiger partial charge in [0.25, 0.3) is 0 Å². The SMILES string of the molecule is CC1CCCC1(C=O)CC(O)CF. The number of aldehydes is 1. The molecule has 13 heavy (non-hydrogen) atoms. The number of aliphatic hydroxyl groups excluding tert-OH is 1. The summed E-state index contributed by atoms with van der Waals surface area (Å²) in [6.45, 7) is 1.26. The van der Waals surface area contributed by atoms with E-state index in [-0.39, 0.29) is 12.3 Å². The first-order valence-electron chi connectivity index (χ1n) is 4.85. The van der Waals surface area contributed by atoms with Crippen molar-refractivity contribution >= 4 is 6.29 Å². The topological polar surface area (TPSA) is 37.3 Å². The first-order valence-corrected chi connectivity index (χ1v) is 4.85. The first-order chi connectivity index (χ1) is 6.14. The maximum absolute atomic E-state index is 12.1. The van der Waals surface area contributed by atoms with E-state index in [0.29, 0.717) is 0 Å². The highest BCUT2D eigenvalue weighted by molar-refractivity contribution is 5.60. The summed E-state index contributed by atoms with van der Waals surface area (Å²) in [5.74, 6) is 0.284. The molecule has 0 aromatic carbocycles. The van der Waals surface area contributed by atoms with Crippen LogP contribution in [0.3, 0.4) is 0 Å². The van der Waals surface area contributed by atoms with Gasteiger partial charge in [0, 0.05) is 5.41 Å². The molecule has 3 heteroatoms. The van der Waals surface area contributed by atoms with E-state index >= 15 is 0 Å². The predicted octanol–water partition coefficient (Wildman–Crippen LogP) is 1.71. The second kappa shape index (κ2) is 4.18. The molecule has 0 saturated heterocycles. The number of carbonyl (C=O) groups is 1. The molecule has 1 saturated carbocycles. The Morgan fingerprint density at radius 2 is 2.46 bits per heavy atom. The minimum Gasteiger partial charge on any atom is -0.390 e. The fraction of sp³-hybridized carbons (Fsp3) is 0.900. The maximum Gasteiger partial charge on any atom is 0.126 e. The molecule has 0 spiro atoms.